The monoisotopic (exact) mass is 173 g/mol. The Morgan fingerprint density at radius 3 is 2.91 bits per heavy atom. The Morgan fingerprint density at radius 2 is 2.45 bits per heavy atom. The normalized spacial score (nSPS) is 9.73. The summed E-state index contributed by atoms with van der Waals surface area (Å²) in [5, 5.41) is 9.13. The van der Waals surface area contributed by atoms with Gasteiger partial charge in [0, 0.05) is 0 Å². The van der Waals surface area contributed by atoms with Gasteiger partial charge in [0.25, 0.3) is 0 Å². The van der Waals surface area contributed by atoms with Gasteiger partial charge in [0.1, 0.15) is 0 Å². The topological polar surface area (TPSA) is 42.4 Å². The summed E-state index contributed by atoms with van der Waals surface area (Å²) in [6.07, 6.45) is 1.48. The summed E-state index contributed by atoms with van der Waals surface area (Å²) < 4.78 is 4.87. The zero-order chi connectivity index (χ0) is 8.27. The average molecular weight is 174 g/mol. The van der Waals surface area contributed by atoms with Gasteiger partial charge >= 0.3 is 0 Å². The van der Waals surface area contributed by atoms with Crippen molar-refractivity contribution < 1.29 is 9.84 Å². The molecule has 0 radical (unpaired) electrons. The zero-order valence-electron chi connectivity index (χ0n) is 6.04. The van der Waals surface area contributed by atoms with E-state index in [4.69, 9.17) is 21.4 Å². The van der Waals surface area contributed by atoms with E-state index in [1.165, 1.54) is 13.3 Å². The summed E-state index contributed by atoms with van der Waals surface area (Å²) >= 11 is 5.73. The second-order valence-corrected chi connectivity index (χ2v) is 2.38. The molecule has 1 heterocycles. The molecule has 4 heteroatoms. The highest BCUT2D eigenvalue weighted by Crippen LogP contribution is 2.22. The molecule has 1 aromatic heterocycles. The van der Waals surface area contributed by atoms with Crippen LogP contribution in [0.1, 0.15) is 5.69 Å². The Hall–Kier alpha value is -0.800. The molecule has 3 nitrogen and oxygen atoms in total. The van der Waals surface area contributed by atoms with Crippen molar-refractivity contribution in [3.63, 3.8) is 0 Å². The van der Waals surface area contributed by atoms with Crippen LogP contribution in [0, 0.1) is 0 Å². The van der Waals surface area contributed by atoms with Crippen LogP contribution in [-0.2, 0) is 6.61 Å². The molecule has 60 valence electrons. The lowest BCUT2D eigenvalue weighted by molar-refractivity contribution is 0.276. The minimum Gasteiger partial charge on any atom is -0.494 e. The lowest BCUT2D eigenvalue weighted by Gasteiger charge is -2.02. The first kappa shape index (κ1) is 8.30. The van der Waals surface area contributed by atoms with Gasteiger partial charge in [0.15, 0.2) is 5.75 Å². The van der Waals surface area contributed by atoms with E-state index in [1.54, 1.807) is 6.07 Å². The fourth-order valence-electron chi connectivity index (χ4n) is 0.695. The number of aliphatic hydroxyl groups excluding tert-OH is 1. The third-order valence-electron chi connectivity index (χ3n) is 1.26. The Kier molecular flexibility index (Phi) is 2.68. The zero-order valence-corrected chi connectivity index (χ0v) is 6.80. The predicted molar refractivity (Wildman–Crippen MR) is 41.7 cm³/mol. The summed E-state index contributed by atoms with van der Waals surface area (Å²) in [4.78, 5) is 3.87. The van der Waals surface area contributed by atoms with Crippen molar-refractivity contribution in [2.45, 2.75) is 6.61 Å². The van der Waals surface area contributed by atoms with Gasteiger partial charge in [-0.15, -0.1) is 0 Å². The molecule has 1 rings (SSSR count). The van der Waals surface area contributed by atoms with Crippen LogP contribution < -0.4 is 4.74 Å². The number of rotatable bonds is 2. The van der Waals surface area contributed by atoms with E-state index >= 15 is 0 Å². The highest BCUT2D eigenvalue weighted by molar-refractivity contribution is 6.32. The molecule has 0 unspecified atom stereocenters. The molecule has 1 aromatic rings. The molecule has 11 heavy (non-hydrogen) atoms. The highest BCUT2D eigenvalue weighted by atomic mass is 35.5. The van der Waals surface area contributed by atoms with Gasteiger partial charge in [0.05, 0.1) is 30.6 Å². The van der Waals surface area contributed by atoms with Crippen molar-refractivity contribution in [2.24, 2.45) is 0 Å². The number of aliphatic hydroxyl groups is 1. The van der Waals surface area contributed by atoms with Gasteiger partial charge < -0.3 is 9.84 Å². The van der Waals surface area contributed by atoms with Crippen LogP contribution in [0.4, 0.5) is 0 Å². The highest BCUT2D eigenvalue weighted by Gasteiger charge is 2.00. The standard InChI is InChI=1S/C7H8ClNO2/c1-11-7-3-9-5(4-10)2-6(7)8/h2-3,10H,4H2,1H3. The van der Waals surface area contributed by atoms with E-state index < -0.39 is 0 Å². The van der Waals surface area contributed by atoms with Gasteiger partial charge in [-0.25, -0.2) is 0 Å². The van der Waals surface area contributed by atoms with E-state index in [0.29, 0.717) is 16.5 Å². The fraction of sp³-hybridized carbons (Fsp3) is 0.286. The van der Waals surface area contributed by atoms with Gasteiger partial charge in [-0.3, -0.25) is 4.98 Å². The van der Waals surface area contributed by atoms with Crippen LogP contribution >= 0.6 is 11.6 Å². The van der Waals surface area contributed by atoms with Crippen molar-refractivity contribution in [3.8, 4) is 5.75 Å². The molecule has 0 aliphatic carbocycles. The van der Waals surface area contributed by atoms with E-state index in [9.17, 15) is 0 Å². The fourth-order valence-corrected chi connectivity index (χ4v) is 0.946. The second-order valence-electron chi connectivity index (χ2n) is 1.97. The van der Waals surface area contributed by atoms with Crippen molar-refractivity contribution in [2.75, 3.05) is 7.11 Å². The average Bonchev–Trinajstić information content (AvgIpc) is 2.04. The van der Waals surface area contributed by atoms with Gasteiger partial charge in [0.2, 0.25) is 0 Å². The Bertz CT molecular complexity index is 252. The molecule has 0 amide bonds. The number of pyridine rings is 1. The summed E-state index contributed by atoms with van der Waals surface area (Å²) in [7, 11) is 1.52. The number of methoxy groups -OCH3 is 1. The molecule has 0 aromatic carbocycles. The summed E-state index contributed by atoms with van der Waals surface area (Å²) in [5.41, 5.74) is 0.538. The molecular formula is C7H8ClNO2. The minimum absolute atomic E-state index is 0.107. The molecule has 0 spiro atoms. The van der Waals surface area contributed by atoms with Crippen LogP contribution in [0.25, 0.3) is 0 Å². The summed E-state index contributed by atoms with van der Waals surface area (Å²) in [6.45, 7) is -0.107. The largest absolute Gasteiger partial charge is 0.494 e. The molecule has 0 atom stereocenters. The van der Waals surface area contributed by atoms with E-state index in [1.807, 2.05) is 0 Å². The molecule has 0 saturated heterocycles. The van der Waals surface area contributed by atoms with Gasteiger partial charge in [-0.05, 0) is 6.07 Å². The number of aromatic nitrogens is 1. The maximum absolute atomic E-state index is 8.66. The second kappa shape index (κ2) is 3.55. The number of halogens is 1. The predicted octanol–water partition coefficient (Wildman–Crippen LogP) is 1.24. The van der Waals surface area contributed by atoms with Crippen LogP contribution in [0.3, 0.4) is 0 Å². The van der Waals surface area contributed by atoms with E-state index in [2.05, 4.69) is 4.98 Å². The molecule has 0 aliphatic rings. The number of nitrogens with zero attached hydrogens (tertiary/aromatic N) is 1. The maximum Gasteiger partial charge on any atom is 0.155 e. The van der Waals surface area contributed by atoms with Gasteiger partial charge in [-0.1, -0.05) is 11.6 Å². The molecule has 0 bridgehead atoms. The lowest BCUT2D eigenvalue weighted by Crippen LogP contribution is -1.91. The molecule has 0 aliphatic heterocycles. The van der Waals surface area contributed by atoms with E-state index in [-0.39, 0.29) is 6.61 Å². The smallest absolute Gasteiger partial charge is 0.155 e. The van der Waals surface area contributed by atoms with Crippen LogP contribution in [-0.4, -0.2) is 17.2 Å². The van der Waals surface area contributed by atoms with Gasteiger partial charge in [-0.2, -0.15) is 0 Å². The third-order valence-corrected chi connectivity index (χ3v) is 1.55. The minimum atomic E-state index is -0.107. The first-order valence-corrected chi connectivity index (χ1v) is 3.45. The Labute approximate surface area is 69.6 Å². The lowest BCUT2D eigenvalue weighted by atomic mass is 10.3. The van der Waals surface area contributed by atoms with Crippen molar-refractivity contribution in [1.82, 2.24) is 4.98 Å². The summed E-state index contributed by atoms with van der Waals surface area (Å²) in [5.74, 6) is 0.517. The number of ether oxygens (including phenoxy) is 1. The SMILES string of the molecule is COc1cnc(CO)cc1Cl. The molecule has 0 saturated carbocycles. The Morgan fingerprint density at radius 1 is 1.73 bits per heavy atom. The molecule has 0 fully saturated rings. The van der Waals surface area contributed by atoms with Crippen molar-refractivity contribution in [1.29, 1.82) is 0 Å². The maximum atomic E-state index is 8.66. The van der Waals surface area contributed by atoms with Crippen molar-refractivity contribution >= 4 is 11.6 Å². The number of hydrogen-bond acceptors (Lipinski definition) is 3. The first-order valence-electron chi connectivity index (χ1n) is 3.07. The van der Waals surface area contributed by atoms with E-state index in [0.717, 1.165) is 0 Å². The van der Waals surface area contributed by atoms with Crippen LogP contribution in [0.5, 0.6) is 5.75 Å². The summed E-state index contributed by atoms with van der Waals surface area (Å²) in [6, 6.07) is 1.57. The quantitative estimate of drug-likeness (QED) is 0.732. The van der Waals surface area contributed by atoms with Crippen LogP contribution in [0.2, 0.25) is 5.02 Å². The third kappa shape index (κ3) is 1.82. The molecular weight excluding hydrogens is 166 g/mol. The molecule has 1 N–H and O–H groups in total. The Balaban J connectivity index is 2.99. The first-order chi connectivity index (χ1) is 5.27. The van der Waals surface area contributed by atoms with Crippen molar-refractivity contribution in [3.05, 3.63) is 23.0 Å². The van der Waals surface area contributed by atoms with Crippen LogP contribution in [0.15, 0.2) is 12.3 Å². The number of hydrogen-bond donors (Lipinski definition) is 1.